The van der Waals surface area contributed by atoms with Crippen molar-refractivity contribution >= 4 is 28.7 Å². The molecule has 1 saturated heterocycles. The van der Waals surface area contributed by atoms with Crippen LogP contribution in [0.25, 0.3) is 0 Å². The van der Waals surface area contributed by atoms with Gasteiger partial charge in [0.1, 0.15) is 5.69 Å². The molecule has 1 fully saturated rings. The van der Waals surface area contributed by atoms with Crippen LogP contribution in [-0.2, 0) is 0 Å². The average molecular weight is 257 g/mol. The highest BCUT2D eigenvalue weighted by Gasteiger charge is 2.24. The normalized spacial score (nSPS) is 19.6. The molecule has 0 amide bonds. The van der Waals surface area contributed by atoms with Gasteiger partial charge in [-0.05, 0) is 12.5 Å². The van der Waals surface area contributed by atoms with Crippen LogP contribution in [0.15, 0.2) is 12.1 Å². The summed E-state index contributed by atoms with van der Waals surface area (Å²) in [7, 11) is 0. The molecule has 1 atom stereocenters. The number of hydrogen-bond acceptors (Lipinski definition) is 5. The van der Waals surface area contributed by atoms with E-state index in [0.29, 0.717) is 17.3 Å². The number of nitro groups is 1. The molecule has 7 heteroatoms. The molecule has 0 radical (unpaired) electrons. The summed E-state index contributed by atoms with van der Waals surface area (Å²) in [5, 5.41) is 11.0. The highest BCUT2D eigenvalue weighted by Crippen LogP contribution is 2.35. The van der Waals surface area contributed by atoms with E-state index in [0.717, 1.165) is 13.0 Å². The van der Waals surface area contributed by atoms with Gasteiger partial charge in [-0.3, -0.25) is 10.1 Å². The molecule has 6 nitrogen and oxygen atoms in total. The number of anilines is 2. The van der Waals surface area contributed by atoms with Gasteiger partial charge in [0.05, 0.1) is 15.6 Å². The molecule has 92 valence electrons. The summed E-state index contributed by atoms with van der Waals surface area (Å²) in [6.45, 7) is 1.48. The maximum absolute atomic E-state index is 10.7. The second-order valence-electron chi connectivity index (χ2n) is 4.11. The van der Waals surface area contributed by atoms with Crippen molar-refractivity contribution in [3.8, 4) is 0 Å². The van der Waals surface area contributed by atoms with E-state index in [-0.39, 0.29) is 17.4 Å². The van der Waals surface area contributed by atoms with Crippen LogP contribution in [-0.4, -0.2) is 24.1 Å². The highest BCUT2D eigenvalue weighted by molar-refractivity contribution is 6.33. The zero-order valence-corrected chi connectivity index (χ0v) is 9.85. The Morgan fingerprint density at radius 1 is 1.53 bits per heavy atom. The fraction of sp³-hybridized carbons (Fsp3) is 0.400. The van der Waals surface area contributed by atoms with Crippen LogP contribution in [0.2, 0.25) is 5.02 Å². The first-order valence-corrected chi connectivity index (χ1v) is 5.60. The Bertz CT molecular complexity index is 466. The van der Waals surface area contributed by atoms with E-state index in [1.165, 1.54) is 6.07 Å². The number of nitrogens with zero attached hydrogens (tertiary/aromatic N) is 2. The van der Waals surface area contributed by atoms with E-state index in [1.807, 2.05) is 4.90 Å². The summed E-state index contributed by atoms with van der Waals surface area (Å²) in [5.41, 5.74) is 12.1. The average Bonchev–Trinajstić information content (AvgIpc) is 2.67. The van der Waals surface area contributed by atoms with E-state index in [4.69, 9.17) is 23.1 Å². The zero-order valence-electron chi connectivity index (χ0n) is 9.10. The van der Waals surface area contributed by atoms with Crippen LogP contribution in [0.1, 0.15) is 6.42 Å². The van der Waals surface area contributed by atoms with Crippen molar-refractivity contribution in [2.24, 2.45) is 5.73 Å². The first kappa shape index (κ1) is 11.9. The number of benzene rings is 1. The first-order chi connectivity index (χ1) is 7.99. The van der Waals surface area contributed by atoms with Crippen molar-refractivity contribution in [1.82, 2.24) is 0 Å². The Balaban J connectivity index is 2.36. The van der Waals surface area contributed by atoms with Gasteiger partial charge in [0.15, 0.2) is 0 Å². The molecule has 0 saturated carbocycles. The van der Waals surface area contributed by atoms with E-state index >= 15 is 0 Å². The second-order valence-corrected chi connectivity index (χ2v) is 4.52. The van der Waals surface area contributed by atoms with Gasteiger partial charge in [0.2, 0.25) is 0 Å². The second kappa shape index (κ2) is 4.38. The maximum atomic E-state index is 10.7. The quantitative estimate of drug-likeness (QED) is 0.473. The van der Waals surface area contributed by atoms with Crippen LogP contribution in [0.3, 0.4) is 0 Å². The molecule has 4 N–H and O–H groups in total. The van der Waals surface area contributed by atoms with Gasteiger partial charge >= 0.3 is 0 Å². The van der Waals surface area contributed by atoms with Crippen molar-refractivity contribution in [3.05, 3.63) is 27.3 Å². The third-order valence-corrected chi connectivity index (χ3v) is 3.16. The number of nitro benzene ring substituents is 1. The third kappa shape index (κ3) is 2.27. The Hall–Kier alpha value is -1.53. The molecule has 17 heavy (non-hydrogen) atoms. The van der Waals surface area contributed by atoms with Crippen LogP contribution in [0.5, 0.6) is 0 Å². The summed E-state index contributed by atoms with van der Waals surface area (Å²) in [6, 6.07) is 2.94. The summed E-state index contributed by atoms with van der Waals surface area (Å²) in [4.78, 5) is 12.1. The van der Waals surface area contributed by atoms with Gasteiger partial charge in [-0.15, -0.1) is 0 Å². The van der Waals surface area contributed by atoms with E-state index in [1.54, 1.807) is 6.07 Å². The largest absolute Gasteiger partial charge is 0.393 e. The van der Waals surface area contributed by atoms with Gasteiger partial charge in [-0.2, -0.15) is 0 Å². The van der Waals surface area contributed by atoms with Gasteiger partial charge in [0, 0.05) is 25.2 Å². The molecule has 0 aromatic heterocycles. The SMILES string of the molecule is Nc1cc(N2CCC(N)C2)c(Cl)cc1[N+](=O)[O-]. The zero-order chi connectivity index (χ0) is 12.6. The highest BCUT2D eigenvalue weighted by atomic mass is 35.5. The molecular formula is C10H13ClN4O2. The van der Waals surface area contributed by atoms with Gasteiger partial charge in [0.25, 0.3) is 5.69 Å². The minimum Gasteiger partial charge on any atom is -0.393 e. The predicted molar refractivity (Wildman–Crippen MR) is 67.3 cm³/mol. The van der Waals surface area contributed by atoms with Crippen molar-refractivity contribution in [1.29, 1.82) is 0 Å². The fourth-order valence-electron chi connectivity index (χ4n) is 1.97. The lowest BCUT2D eigenvalue weighted by atomic mass is 10.2. The molecule has 0 aliphatic carbocycles. The summed E-state index contributed by atoms with van der Waals surface area (Å²) >= 11 is 6.03. The topological polar surface area (TPSA) is 98.4 Å². The minimum absolute atomic E-state index is 0.113. The number of rotatable bonds is 2. The van der Waals surface area contributed by atoms with E-state index in [2.05, 4.69) is 0 Å². The lowest BCUT2D eigenvalue weighted by molar-refractivity contribution is -0.383. The van der Waals surface area contributed by atoms with Crippen LogP contribution >= 0.6 is 11.6 Å². The molecule has 0 spiro atoms. The van der Waals surface area contributed by atoms with E-state index in [9.17, 15) is 10.1 Å². The fourth-order valence-corrected chi connectivity index (χ4v) is 2.25. The molecule has 1 aliphatic rings. The molecule has 1 heterocycles. The molecule has 0 bridgehead atoms. The Morgan fingerprint density at radius 2 is 2.24 bits per heavy atom. The number of hydrogen-bond donors (Lipinski definition) is 2. The lowest BCUT2D eigenvalue weighted by Crippen LogP contribution is -2.26. The van der Waals surface area contributed by atoms with Crippen molar-refractivity contribution in [2.75, 3.05) is 23.7 Å². The third-order valence-electron chi connectivity index (χ3n) is 2.86. The van der Waals surface area contributed by atoms with Crippen molar-refractivity contribution < 1.29 is 4.92 Å². The van der Waals surface area contributed by atoms with Crippen LogP contribution in [0, 0.1) is 10.1 Å². The molecule has 1 aromatic rings. The van der Waals surface area contributed by atoms with Gasteiger partial charge in [-0.25, -0.2) is 0 Å². The van der Waals surface area contributed by atoms with Gasteiger partial charge < -0.3 is 16.4 Å². The summed E-state index contributed by atoms with van der Waals surface area (Å²) < 4.78 is 0. The van der Waals surface area contributed by atoms with Crippen molar-refractivity contribution in [2.45, 2.75) is 12.5 Å². The molecule has 1 aromatic carbocycles. The number of nitrogens with two attached hydrogens (primary N) is 2. The summed E-state index contributed by atoms with van der Waals surface area (Å²) in [6.07, 6.45) is 0.882. The number of nitrogen functional groups attached to an aromatic ring is 1. The lowest BCUT2D eigenvalue weighted by Gasteiger charge is -2.19. The Morgan fingerprint density at radius 3 is 2.76 bits per heavy atom. The van der Waals surface area contributed by atoms with E-state index < -0.39 is 4.92 Å². The Labute approximate surface area is 103 Å². The van der Waals surface area contributed by atoms with Crippen molar-refractivity contribution in [3.63, 3.8) is 0 Å². The Kier molecular flexibility index (Phi) is 3.08. The van der Waals surface area contributed by atoms with Crippen LogP contribution < -0.4 is 16.4 Å². The first-order valence-electron chi connectivity index (χ1n) is 5.23. The summed E-state index contributed by atoms with van der Waals surface area (Å²) in [5.74, 6) is 0. The molecule has 2 rings (SSSR count). The standard InChI is InChI=1S/C10H13ClN4O2/c11-7-3-10(15(16)17)8(13)4-9(7)14-2-1-6(12)5-14/h3-4,6H,1-2,5,12-13H2. The maximum Gasteiger partial charge on any atom is 0.293 e. The van der Waals surface area contributed by atoms with Crippen LogP contribution in [0.4, 0.5) is 17.1 Å². The molecule has 1 unspecified atom stereocenters. The number of halogens is 1. The minimum atomic E-state index is -0.541. The molecular weight excluding hydrogens is 244 g/mol. The monoisotopic (exact) mass is 256 g/mol. The molecule has 1 aliphatic heterocycles. The smallest absolute Gasteiger partial charge is 0.293 e. The van der Waals surface area contributed by atoms with Gasteiger partial charge in [-0.1, -0.05) is 11.6 Å². The predicted octanol–water partition coefficient (Wildman–Crippen LogP) is 1.37.